The van der Waals surface area contributed by atoms with Gasteiger partial charge in [0.25, 0.3) is 0 Å². The Kier molecular flexibility index (Phi) is 4.48. The summed E-state index contributed by atoms with van der Waals surface area (Å²) in [5, 5.41) is 15.5. The first kappa shape index (κ1) is 22.4. The number of fused-ring (bicyclic) bond motifs is 5. The van der Waals surface area contributed by atoms with Gasteiger partial charge in [0.1, 0.15) is 5.82 Å². The molecule has 7 nitrogen and oxygen atoms in total. The highest BCUT2D eigenvalue weighted by Gasteiger charge is 2.88. The van der Waals surface area contributed by atoms with Crippen molar-refractivity contribution in [1.82, 2.24) is 14.8 Å². The summed E-state index contributed by atoms with van der Waals surface area (Å²) < 4.78 is 87.3. The van der Waals surface area contributed by atoms with Crippen molar-refractivity contribution in [1.29, 1.82) is 0 Å². The summed E-state index contributed by atoms with van der Waals surface area (Å²) in [7, 11) is 1.29. The van der Waals surface area contributed by atoms with Gasteiger partial charge in [-0.1, -0.05) is 11.6 Å². The number of aryl methyl sites for hydroxylation is 1. The number of carbonyl (C=O) groups is 1. The monoisotopic (exact) mass is 496 g/mol. The maximum absolute atomic E-state index is 13.7. The van der Waals surface area contributed by atoms with E-state index >= 15 is 0 Å². The number of ether oxygens (including phenoxy) is 1. The number of halogens is 7. The second-order valence-electron chi connectivity index (χ2n) is 8.53. The molecule has 2 bridgehead atoms. The van der Waals surface area contributed by atoms with E-state index in [-0.39, 0.29) is 18.4 Å². The van der Waals surface area contributed by atoms with E-state index in [1.165, 1.54) is 7.05 Å². The summed E-state index contributed by atoms with van der Waals surface area (Å²) in [4.78, 5) is 17.0. The highest BCUT2D eigenvalue weighted by Crippen LogP contribution is 2.78. The van der Waals surface area contributed by atoms with E-state index in [9.17, 15) is 36.2 Å². The highest BCUT2D eigenvalue weighted by molar-refractivity contribution is 6.31. The lowest BCUT2D eigenvalue weighted by Gasteiger charge is -2.29. The Labute approximate surface area is 186 Å². The molecular weight excluding hydrogens is 482 g/mol. The minimum absolute atomic E-state index is 0.00327. The number of hydrogen-bond donors (Lipinski definition) is 2. The fourth-order valence-electron chi connectivity index (χ4n) is 5.47. The van der Waals surface area contributed by atoms with Crippen molar-refractivity contribution >= 4 is 23.3 Å². The number of aliphatic hydroxyl groups excluding tert-OH is 1. The smallest absolute Gasteiger partial charge is 0.390 e. The van der Waals surface area contributed by atoms with Gasteiger partial charge in [-0.2, -0.15) is 31.4 Å². The number of alkyl halides is 6. The number of aliphatic hydroxyl groups is 1. The molecule has 0 aromatic carbocycles. The Hall–Kier alpha value is -2.38. The first-order valence-corrected chi connectivity index (χ1v) is 10.1. The molecule has 2 aliphatic heterocycles. The van der Waals surface area contributed by atoms with Gasteiger partial charge in [-0.3, -0.25) is 9.48 Å². The highest BCUT2D eigenvalue weighted by atomic mass is 35.5. The van der Waals surface area contributed by atoms with Gasteiger partial charge in [0, 0.05) is 36.8 Å². The summed E-state index contributed by atoms with van der Waals surface area (Å²) in [6, 6.07) is 0.551. The average Bonchev–Trinajstić information content (AvgIpc) is 2.92. The number of pyridine rings is 1. The molecule has 2 aromatic rings. The predicted octanol–water partition coefficient (Wildman–Crippen LogP) is 3.30. The minimum atomic E-state index is -4.83. The number of amides is 1. The minimum Gasteiger partial charge on any atom is -0.390 e. The lowest BCUT2D eigenvalue weighted by molar-refractivity contribution is -0.143. The molecule has 3 fully saturated rings. The van der Waals surface area contributed by atoms with Gasteiger partial charge >= 0.3 is 12.4 Å². The Bertz CT molecular complexity index is 1170. The van der Waals surface area contributed by atoms with Crippen LogP contribution in [0.25, 0.3) is 0 Å². The number of nitrogens with one attached hydrogen (secondary N) is 1. The molecule has 33 heavy (non-hydrogen) atoms. The topological polar surface area (TPSA) is 89.3 Å². The molecule has 5 atom stereocenters. The van der Waals surface area contributed by atoms with Crippen molar-refractivity contribution in [2.45, 2.75) is 48.9 Å². The van der Waals surface area contributed by atoms with Crippen LogP contribution in [0.2, 0.25) is 5.02 Å². The molecule has 2 aromatic heterocycles. The summed E-state index contributed by atoms with van der Waals surface area (Å²) in [5.74, 6) is -1.31. The molecule has 0 spiro atoms. The van der Waals surface area contributed by atoms with Crippen molar-refractivity contribution in [3.63, 3.8) is 0 Å². The predicted molar refractivity (Wildman–Crippen MR) is 99.1 cm³/mol. The number of nitrogens with zero attached hydrogens (tertiary/aromatic N) is 3. The van der Waals surface area contributed by atoms with Crippen LogP contribution in [0.1, 0.15) is 29.7 Å². The zero-order valence-electron chi connectivity index (χ0n) is 16.6. The molecule has 0 radical (unpaired) electrons. The third-order valence-corrected chi connectivity index (χ3v) is 7.07. The van der Waals surface area contributed by atoms with Crippen molar-refractivity contribution in [3.05, 3.63) is 40.3 Å². The van der Waals surface area contributed by atoms with Crippen molar-refractivity contribution in [2.75, 3.05) is 5.32 Å². The Morgan fingerprint density at radius 3 is 2.64 bits per heavy atom. The van der Waals surface area contributed by atoms with E-state index in [0.717, 1.165) is 17.1 Å². The molecule has 0 unspecified atom stereocenters. The van der Waals surface area contributed by atoms with E-state index in [2.05, 4.69) is 15.4 Å². The largest absolute Gasteiger partial charge is 0.435 e. The molecule has 14 heteroatoms. The number of hydrogen-bond acceptors (Lipinski definition) is 5. The van der Waals surface area contributed by atoms with Crippen LogP contribution in [0.5, 0.6) is 0 Å². The average molecular weight is 497 g/mol. The van der Waals surface area contributed by atoms with Crippen molar-refractivity contribution < 1.29 is 41.0 Å². The second kappa shape index (κ2) is 6.60. The van der Waals surface area contributed by atoms with Gasteiger partial charge in [-0.05, 0) is 12.5 Å². The maximum Gasteiger partial charge on any atom is 0.435 e. The lowest BCUT2D eigenvalue weighted by atomic mass is 9.73. The summed E-state index contributed by atoms with van der Waals surface area (Å²) in [6.07, 6.45) is -11.0. The third kappa shape index (κ3) is 2.94. The van der Waals surface area contributed by atoms with E-state index in [1.54, 1.807) is 0 Å². The van der Waals surface area contributed by atoms with Crippen LogP contribution in [0.3, 0.4) is 0 Å². The quantitative estimate of drug-likeness (QED) is 0.637. The first-order chi connectivity index (χ1) is 15.2. The molecule has 1 amide bonds. The third-order valence-electron chi connectivity index (χ3n) is 6.77. The Morgan fingerprint density at radius 2 is 2.00 bits per heavy atom. The SMILES string of the molecule is Cn1cc([C@@]23C[C@]2(C(=O)Nc2cc(C(F)(F)F)c(Cl)cn2)[C@H]2C[C@H](O)[C@@H]3O2)c(C(F)(F)F)n1. The summed E-state index contributed by atoms with van der Waals surface area (Å²) in [5.41, 5.74) is -5.77. The van der Waals surface area contributed by atoms with Crippen LogP contribution in [0.4, 0.5) is 32.2 Å². The normalized spacial score (nSPS) is 32.7. The molecule has 1 aliphatic carbocycles. The Balaban J connectivity index is 1.55. The fraction of sp³-hybridized carbons (Fsp3) is 0.526. The number of anilines is 1. The van der Waals surface area contributed by atoms with Gasteiger partial charge in [0.05, 0.1) is 34.3 Å². The molecule has 4 heterocycles. The van der Waals surface area contributed by atoms with Crippen molar-refractivity contribution in [3.8, 4) is 0 Å². The number of carbonyl (C=O) groups excluding carboxylic acids is 1. The molecule has 2 saturated heterocycles. The Morgan fingerprint density at radius 1 is 1.30 bits per heavy atom. The van der Waals surface area contributed by atoms with E-state index < -0.39 is 69.5 Å². The summed E-state index contributed by atoms with van der Waals surface area (Å²) in [6.45, 7) is 0. The van der Waals surface area contributed by atoms with Crippen LogP contribution < -0.4 is 5.32 Å². The van der Waals surface area contributed by atoms with Gasteiger partial charge in [0.15, 0.2) is 5.69 Å². The lowest BCUT2D eigenvalue weighted by Crippen LogP contribution is -2.45. The van der Waals surface area contributed by atoms with Crippen LogP contribution >= 0.6 is 11.6 Å². The van der Waals surface area contributed by atoms with Crippen LogP contribution in [0, 0.1) is 5.41 Å². The number of rotatable bonds is 3. The standard InChI is InChI=1S/C19H15ClF6N4O3/c1-30-5-8(13(29-30)19(24,25)26)16-6-17(16,11-3-10(31)14(16)33-11)15(32)28-12-2-7(18(21,22)23)9(20)4-27-12/h2,4-5,10-11,14,31H,3,6H2,1H3,(H,27,28,32)/t10-,11+,14-,16+,17+/m0/s1. The van der Waals surface area contributed by atoms with E-state index in [1.807, 2.05) is 0 Å². The molecule has 5 rings (SSSR count). The second-order valence-corrected chi connectivity index (χ2v) is 8.94. The molecule has 178 valence electrons. The molecule has 2 N–H and O–H groups in total. The van der Waals surface area contributed by atoms with Gasteiger partial charge in [-0.15, -0.1) is 0 Å². The van der Waals surface area contributed by atoms with Crippen LogP contribution in [0.15, 0.2) is 18.5 Å². The molecular formula is C19H15ClF6N4O3. The van der Waals surface area contributed by atoms with E-state index in [4.69, 9.17) is 16.3 Å². The van der Waals surface area contributed by atoms with Gasteiger partial charge in [-0.25, -0.2) is 4.98 Å². The zero-order chi connectivity index (χ0) is 24.1. The first-order valence-electron chi connectivity index (χ1n) is 9.71. The molecule has 3 aliphatic rings. The van der Waals surface area contributed by atoms with Crippen molar-refractivity contribution in [2.24, 2.45) is 12.5 Å². The van der Waals surface area contributed by atoms with Crippen LogP contribution in [-0.2, 0) is 34.3 Å². The fourth-order valence-corrected chi connectivity index (χ4v) is 5.68. The van der Waals surface area contributed by atoms with Gasteiger partial charge in [0.2, 0.25) is 5.91 Å². The maximum atomic E-state index is 13.7. The van der Waals surface area contributed by atoms with Crippen LogP contribution in [-0.4, -0.2) is 44.1 Å². The summed E-state index contributed by atoms with van der Waals surface area (Å²) >= 11 is 5.55. The van der Waals surface area contributed by atoms with Gasteiger partial charge < -0.3 is 15.2 Å². The zero-order valence-corrected chi connectivity index (χ0v) is 17.4. The molecule has 1 saturated carbocycles. The number of aromatic nitrogens is 3. The van der Waals surface area contributed by atoms with E-state index in [0.29, 0.717) is 6.07 Å².